The summed E-state index contributed by atoms with van der Waals surface area (Å²) in [5, 5.41) is 4.14. The molecule has 0 radical (unpaired) electrons. The van der Waals surface area contributed by atoms with Crippen LogP contribution in [0.2, 0.25) is 5.02 Å². The summed E-state index contributed by atoms with van der Waals surface area (Å²) in [5.41, 5.74) is 2.16. The number of unbranched alkanes of at least 4 members (excludes halogenated alkanes) is 1. The quantitative estimate of drug-likeness (QED) is 0.750. The summed E-state index contributed by atoms with van der Waals surface area (Å²) in [5.74, 6) is 0.924. The predicted octanol–water partition coefficient (Wildman–Crippen LogP) is 3.73. The largest absolute Gasteiger partial charge is 0.494 e. The highest BCUT2D eigenvalue weighted by Crippen LogP contribution is 2.25. The Bertz CT molecular complexity index is 329. The maximum Gasteiger partial charge on any atom is 0.119 e. The summed E-state index contributed by atoms with van der Waals surface area (Å²) in [4.78, 5) is 0. The van der Waals surface area contributed by atoms with E-state index in [-0.39, 0.29) is 0 Å². The van der Waals surface area contributed by atoms with Crippen molar-refractivity contribution < 1.29 is 4.74 Å². The maximum absolute atomic E-state index is 6.10. The summed E-state index contributed by atoms with van der Waals surface area (Å²) < 4.78 is 5.72. The van der Waals surface area contributed by atoms with Gasteiger partial charge in [-0.15, -0.1) is 0 Å². The van der Waals surface area contributed by atoms with Crippen LogP contribution in [-0.4, -0.2) is 19.7 Å². The molecule has 0 aliphatic rings. The summed E-state index contributed by atoms with van der Waals surface area (Å²) in [6.07, 6.45) is 2.23. The molecule has 17 heavy (non-hydrogen) atoms. The smallest absolute Gasteiger partial charge is 0.119 e. The van der Waals surface area contributed by atoms with E-state index < -0.39 is 0 Å². The fourth-order valence-corrected chi connectivity index (χ4v) is 1.82. The maximum atomic E-state index is 6.10. The van der Waals surface area contributed by atoms with E-state index in [0.717, 1.165) is 54.4 Å². The Hall–Kier alpha value is -0.730. The minimum Gasteiger partial charge on any atom is -0.494 e. The van der Waals surface area contributed by atoms with Gasteiger partial charge < -0.3 is 10.1 Å². The first-order valence-electron chi connectivity index (χ1n) is 6.25. The van der Waals surface area contributed by atoms with E-state index in [1.165, 1.54) is 0 Å². The molecule has 0 aliphatic heterocycles. The van der Waals surface area contributed by atoms with Crippen LogP contribution in [0.4, 0.5) is 0 Å². The van der Waals surface area contributed by atoms with Gasteiger partial charge in [0.1, 0.15) is 5.75 Å². The number of rotatable bonds is 7. The Balaban J connectivity index is 2.32. The first-order chi connectivity index (χ1) is 8.15. The molecular weight excluding hydrogens is 234 g/mol. The monoisotopic (exact) mass is 255 g/mol. The van der Waals surface area contributed by atoms with Gasteiger partial charge in [0, 0.05) is 5.02 Å². The van der Waals surface area contributed by atoms with Crippen LogP contribution in [0.3, 0.4) is 0 Å². The van der Waals surface area contributed by atoms with Gasteiger partial charge in [-0.2, -0.15) is 0 Å². The van der Waals surface area contributed by atoms with Crippen molar-refractivity contribution in [1.82, 2.24) is 5.32 Å². The molecule has 1 rings (SSSR count). The Labute approximate surface area is 109 Å². The molecule has 0 fully saturated rings. The SMILES string of the molecule is CCNCCCCOc1cc(C)c(Cl)c(C)c1. The number of halogens is 1. The van der Waals surface area contributed by atoms with Crippen LogP contribution in [0.1, 0.15) is 30.9 Å². The Morgan fingerprint density at radius 2 is 1.82 bits per heavy atom. The minimum atomic E-state index is 0.770. The van der Waals surface area contributed by atoms with Crippen molar-refractivity contribution in [2.45, 2.75) is 33.6 Å². The zero-order valence-electron chi connectivity index (χ0n) is 11.0. The van der Waals surface area contributed by atoms with Crippen molar-refractivity contribution in [2.24, 2.45) is 0 Å². The molecule has 0 atom stereocenters. The molecule has 0 aromatic heterocycles. The van der Waals surface area contributed by atoms with Crippen molar-refractivity contribution in [3.8, 4) is 5.75 Å². The number of benzene rings is 1. The van der Waals surface area contributed by atoms with Crippen LogP contribution in [0, 0.1) is 13.8 Å². The zero-order chi connectivity index (χ0) is 12.7. The number of hydrogen-bond acceptors (Lipinski definition) is 2. The third-order valence-electron chi connectivity index (χ3n) is 2.68. The van der Waals surface area contributed by atoms with Crippen LogP contribution in [0.15, 0.2) is 12.1 Å². The normalized spacial score (nSPS) is 10.6. The van der Waals surface area contributed by atoms with E-state index in [1.807, 2.05) is 26.0 Å². The van der Waals surface area contributed by atoms with Crippen LogP contribution in [0.25, 0.3) is 0 Å². The molecule has 1 aromatic rings. The lowest BCUT2D eigenvalue weighted by Crippen LogP contribution is -2.14. The van der Waals surface area contributed by atoms with E-state index >= 15 is 0 Å². The second-order valence-electron chi connectivity index (χ2n) is 4.28. The van der Waals surface area contributed by atoms with Crippen LogP contribution >= 0.6 is 11.6 Å². The Morgan fingerprint density at radius 3 is 2.41 bits per heavy atom. The van der Waals surface area contributed by atoms with Gasteiger partial charge >= 0.3 is 0 Å². The van der Waals surface area contributed by atoms with Crippen molar-refractivity contribution >= 4 is 11.6 Å². The van der Waals surface area contributed by atoms with Crippen molar-refractivity contribution in [3.05, 3.63) is 28.3 Å². The fraction of sp³-hybridized carbons (Fsp3) is 0.571. The van der Waals surface area contributed by atoms with Gasteiger partial charge in [0.15, 0.2) is 0 Å². The Morgan fingerprint density at radius 1 is 1.18 bits per heavy atom. The molecule has 1 aromatic carbocycles. The average molecular weight is 256 g/mol. The molecule has 2 nitrogen and oxygen atoms in total. The highest BCUT2D eigenvalue weighted by molar-refractivity contribution is 6.32. The lowest BCUT2D eigenvalue weighted by atomic mass is 10.1. The second-order valence-corrected chi connectivity index (χ2v) is 4.66. The number of aryl methyl sites for hydroxylation is 2. The van der Waals surface area contributed by atoms with Gasteiger partial charge in [0.2, 0.25) is 0 Å². The molecule has 0 unspecified atom stereocenters. The third kappa shape index (κ3) is 4.97. The van der Waals surface area contributed by atoms with E-state index in [9.17, 15) is 0 Å². The average Bonchev–Trinajstić information content (AvgIpc) is 2.30. The molecule has 3 heteroatoms. The van der Waals surface area contributed by atoms with E-state index in [0.29, 0.717) is 0 Å². The van der Waals surface area contributed by atoms with Gasteiger partial charge in [-0.3, -0.25) is 0 Å². The van der Waals surface area contributed by atoms with Gasteiger partial charge in [-0.25, -0.2) is 0 Å². The Kier molecular flexibility index (Phi) is 6.38. The molecule has 96 valence electrons. The van der Waals surface area contributed by atoms with Gasteiger partial charge in [0.05, 0.1) is 6.61 Å². The topological polar surface area (TPSA) is 21.3 Å². The van der Waals surface area contributed by atoms with Gasteiger partial charge in [-0.05, 0) is 63.0 Å². The molecule has 1 N–H and O–H groups in total. The first kappa shape index (κ1) is 14.3. The zero-order valence-corrected chi connectivity index (χ0v) is 11.7. The molecular formula is C14H22ClNO. The lowest BCUT2D eigenvalue weighted by Gasteiger charge is -2.10. The highest BCUT2D eigenvalue weighted by atomic mass is 35.5. The lowest BCUT2D eigenvalue weighted by molar-refractivity contribution is 0.305. The fourth-order valence-electron chi connectivity index (χ4n) is 1.71. The minimum absolute atomic E-state index is 0.770. The number of hydrogen-bond donors (Lipinski definition) is 1. The second kappa shape index (κ2) is 7.57. The highest BCUT2D eigenvalue weighted by Gasteiger charge is 2.03. The molecule has 0 heterocycles. The first-order valence-corrected chi connectivity index (χ1v) is 6.63. The molecule has 0 saturated heterocycles. The summed E-state index contributed by atoms with van der Waals surface area (Å²) in [6.45, 7) is 9.01. The summed E-state index contributed by atoms with van der Waals surface area (Å²) >= 11 is 6.10. The standard InChI is InChI=1S/C14H22ClNO/c1-4-16-7-5-6-8-17-13-9-11(2)14(15)12(3)10-13/h9-10,16H,4-8H2,1-3H3. The summed E-state index contributed by atoms with van der Waals surface area (Å²) in [6, 6.07) is 4.00. The number of nitrogens with one attached hydrogen (secondary N) is 1. The summed E-state index contributed by atoms with van der Waals surface area (Å²) in [7, 11) is 0. The van der Waals surface area contributed by atoms with Gasteiger partial charge in [-0.1, -0.05) is 18.5 Å². The van der Waals surface area contributed by atoms with Crippen LogP contribution < -0.4 is 10.1 Å². The van der Waals surface area contributed by atoms with Crippen LogP contribution in [0.5, 0.6) is 5.75 Å². The van der Waals surface area contributed by atoms with Crippen LogP contribution in [-0.2, 0) is 0 Å². The van der Waals surface area contributed by atoms with Crippen molar-refractivity contribution in [2.75, 3.05) is 19.7 Å². The van der Waals surface area contributed by atoms with E-state index in [2.05, 4.69) is 12.2 Å². The molecule has 0 bridgehead atoms. The number of ether oxygens (including phenoxy) is 1. The molecule has 0 aliphatic carbocycles. The van der Waals surface area contributed by atoms with E-state index in [4.69, 9.17) is 16.3 Å². The predicted molar refractivity (Wildman–Crippen MR) is 74.2 cm³/mol. The molecule has 0 amide bonds. The third-order valence-corrected chi connectivity index (χ3v) is 3.27. The molecule has 0 saturated carbocycles. The van der Waals surface area contributed by atoms with Crippen molar-refractivity contribution in [1.29, 1.82) is 0 Å². The van der Waals surface area contributed by atoms with Gasteiger partial charge in [0.25, 0.3) is 0 Å². The van der Waals surface area contributed by atoms with Crippen molar-refractivity contribution in [3.63, 3.8) is 0 Å². The molecule has 0 spiro atoms. The van der Waals surface area contributed by atoms with E-state index in [1.54, 1.807) is 0 Å².